The summed E-state index contributed by atoms with van der Waals surface area (Å²) in [5.74, 6) is -2.23. The van der Waals surface area contributed by atoms with E-state index in [2.05, 4.69) is 54.8 Å². The third-order valence-electron chi connectivity index (χ3n) is 9.31. The van der Waals surface area contributed by atoms with E-state index in [1.165, 1.54) is 0 Å². The maximum Gasteiger partial charge on any atom is 0.469 e. The lowest BCUT2D eigenvalue weighted by molar-refractivity contribution is -0.161. The summed E-state index contributed by atoms with van der Waals surface area (Å²) in [7, 11) is -4.86. The van der Waals surface area contributed by atoms with E-state index in [0.29, 0.717) is 25.7 Å². The zero-order valence-electron chi connectivity index (χ0n) is 32.7. The molecule has 0 aromatic heterocycles. The van der Waals surface area contributed by atoms with Crippen LogP contribution in [-0.2, 0) is 32.9 Å². The topological polar surface area (TPSA) is 197 Å². The molecule has 54 heavy (non-hydrogen) atoms. The van der Waals surface area contributed by atoms with Gasteiger partial charge in [-0.1, -0.05) is 101 Å². The van der Waals surface area contributed by atoms with Gasteiger partial charge in [0.2, 0.25) is 0 Å². The van der Waals surface area contributed by atoms with E-state index in [0.717, 1.165) is 70.6 Å². The maximum absolute atomic E-state index is 12.8. The van der Waals surface area contributed by atoms with Gasteiger partial charge in [-0.05, 0) is 57.8 Å². The molecule has 1 fully saturated rings. The predicted molar refractivity (Wildman–Crippen MR) is 209 cm³/mol. The number of aliphatic hydroxyl groups is 3. The monoisotopic (exact) mass is 784 g/mol. The molecule has 0 bridgehead atoms. The van der Waals surface area contributed by atoms with E-state index < -0.39 is 69.2 Å². The van der Waals surface area contributed by atoms with Crippen LogP contribution in [-0.4, -0.2) is 80.5 Å². The van der Waals surface area contributed by atoms with Crippen molar-refractivity contribution in [1.29, 1.82) is 0 Å². The number of carbonyl (C=O) groups excluding carboxylic acids is 3. The fourth-order valence-corrected chi connectivity index (χ4v) is 6.63. The second-order valence-corrected chi connectivity index (χ2v) is 15.4. The SMILES string of the molecule is CC/C=C\C/C=C\C/C=C\CCCCCCCC(=O)OC[C@H](COP(=O)(O)O)OC(=O)CCCCC(=O)C[C@@H]1[C@@H](/C=C/[C@@H](O)CCCCC)[C@H](O)C[C@@H]1O. The number of hydrogen-bond acceptors (Lipinski definition) is 10. The average Bonchev–Trinajstić information content (AvgIpc) is 3.38. The Labute approximate surface area is 323 Å². The number of allylic oxidation sites excluding steroid dienone is 6. The van der Waals surface area contributed by atoms with Crippen LogP contribution in [0.25, 0.3) is 0 Å². The van der Waals surface area contributed by atoms with E-state index in [1.807, 2.05) is 0 Å². The lowest BCUT2D eigenvalue weighted by atomic mass is 9.87. The van der Waals surface area contributed by atoms with Gasteiger partial charge in [0, 0.05) is 43.9 Å². The minimum absolute atomic E-state index is 0.0600. The van der Waals surface area contributed by atoms with Gasteiger partial charge in [-0.15, -0.1) is 0 Å². The lowest BCUT2D eigenvalue weighted by Crippen LogP contribution is -2.29. The number of aliphatic hydroxyl groups excluding tert-OH is 3. The van der Waals surface area contributed by atoms with E-state index in [1.54, 1.807) is 12.2 Å². The summed E-state index contributed by atoms with van der Waals surface area (Å²) in [6.07, 6.45) is 26.1. The highest BCUT2D eigenvalue weighted by molar-refractivity contribution is 7.46. The molecule has 0 radical (unpaired) electrons. The fourth-order valence-electron chi connectivity index (χ4n) is 6.26. The molecule has 0 aromatic carbocycles. The number of phosphoric acid groups is 1. The molecule has 310 valence electrons. The van der Waals surface area contributed by atoms with Gasteiger partial charge in [0.1, 0.15) is 12.4 Å². The summed E-state index contributed by atoms with van der Waals surface area (Å²) in [4.78, 5) is 55.8. The van der Waals surface area contributed by atoms with Crippen molar-refractivity contribution in [1.82, 2.24) is 0 Å². The Kier molecular flexibility index (Phi) is 28.2. The molecular weight excluding hydrogens is 715 g/mol. The number of ether oxygens (including phenoxy) is 2. The number of esters is 2. The fraction of sp³-hybridized carbons (Fsp3) is 0.732. The molecule has 0 saturated heterocycles. The number of unbranched alkanes of at least 4 members (excludes halogenated alkanes) is 8. The van der Waals surface area contributed by atoms with Crippen LogP contribution in [0.1, 0.15) is 142 Å². The van der Waals surface area contributed by atoms with Crippen molar-refractivity contribution in [2.24, 2.45) is 11.8 Å². The van der Waals surface area contributed by atoms with Crippen molar-refractivity contribution in [3.05, 3.63) is 48.6 Å². The van der Waals surface area contributed by atoms with Crippen LogP contribution in [0, 0.1) is 11.8 Å². The molecule has 0 aliphatic heterocycles. The van der Waals surface area contributed by atoms with Crippen LogP contribution in [0.4, 0.5) is 0 Å². The van der Waals surface area contributed by atoms with E-state index in [9.17, 15) is 34.3 Å². The highest BCUT2D eigenvalue weighted by Gasteiger charge is 2.41. The largest absolute Gasteiger partial charge is 0.469 e. The van der Waals surface area contributed by atoms with Crippen LogP contribution < -0.4 is 0 Å². The van der Waals surface area contributed by atoms with Crippen molar-refractivity contribution in [2.75, 3.05) is 13.2 Å². The molecule has 1 saturated carbocycles. The molecule has 0 amide bonds. The van der Waals surface area contributed by atoms with Gasteiger partial charge >= 0.3 is 19.8 Å². The van der Waals surface area contributed by atoms with Gasteiger partial charge in [0.25, 0.3) is 0 Å². The van der Waals surface area contributed by atoms with Crippen LogP contribution in [0.3, 0.4) is 0 Å². The molecule has 12 nitrogen and oxygen atoms in total. The Morgan fingerprint density at radius 1 is 0.759 bits per heavy atom. The highest BCUT2D eigenvalue weighted by atomic mass is 31.2. The molecule has 0 unspecified atom stereocenters. The Morgan fingerprint density at radius 3 is 2.09 bits per heavy atom. The molecule has 0 heterocycles. The molecule has 1 rings (SSSR count). The number of Topliss-reactive ketones (excluding diaryl/α,β-unsaturated/α-hetero) is 1. The van der Waals surface area contributed by atoms with Crippen LogP contribution >= 0.6 is 7.82 Å². The number of ketones is 1. The molecule has 0 spiro atoms. The van der Waals surface area contributed by atoms with Crippen LogP contribution in [0.5, 0.6) is 0 Å². The second kappa shape index (κ2) is 30.7. The van der Waals surface area contributed by atoms with Crippen molar-refractivity contribution in [2.45, 2.75) is 167 Å². The average molecular weight is 785 g/mol. The summed E-state index contributed by atoms with van der Waals surface area (Å²) in [5.41, 5.74) is 0. The highest BCUT2D eigenvalue weighted by Crippen LogP contribution is 2.37. The van der Waals surface area contributed by atoms with Crippen molar-refractivity contribution in [3.63, 3.8) is 0 Å². The minimum atomic E-state index is -4.86. The first kappa shape index (κ1) is 49.6. The third-order valence-corrected chi connectivity index (χ3v) is 9.80. The molecule has 6 atom stereocenters. The zero-order valence-corrected chi connectivity index (χ0v) is 33.6. The summed E-state index contributed by atoms with van der Waals surface area (Å²) in [5, 5.41) is 31.2. The lowest BCUT2D eigenvalue weighted by Gasteiger charge is -2.20. The number of hydrogen-bond donors (Lipinski definition) is 5. The summed E-state index contributed by atoms with van der Waals surface area (Å²) in [6.45, 7) is 3.12. The standard InChI is InChI=1S/C41H69O12P/c1-3-5-7-8-9-10-11-12-13-14-15-16-17-18-20-25-40(46)51-31-35(32-52-54(48,49)50)53-41(47)26-22-21-24-34(43)29-37-36(38(44)30-39(37)45)28-27-33(42)23-19-6-4-2/h5,7,9-10,12-13,27-28,33,35-39,42,44-45H,3-4,6,8,11,14-26,29-32H2,1-2H3,(H2,48,49,50)/b7-5-,10-9-,13-12-,28-27+/t33-,35+,36+,37+,38+,39-/m0/s1. The van der Waals surface area contributed by atoms with Gasteiger partial charge in [0.05, 0.1) is 24.9 Å². The first-order valence-electron chi connectivity index (χ1n) is 20.1. The van der Waals surface area contributed by atoms with E-state index in [4.69, 9.17) is 19.3 Å². The molecule has 5 N–H and O–H groups in total. The van der Waals surface area contributed by atoms with Crippen molar-refractivity contribution < 1.29 is 58.1 Å². The molecular formula is C41H69O12P. The van der Waals surface area contributed by atoms with Gasteiger partial charge in [-0.25, -0.2) is 4.57 Å². The van der Waals surface area contributed by atoms with Crippen molar-refractivity contribution in [3.8, 4) is 0 Å². The van der Waals surface area contributed by atoms with Crippen molar-refractivity contribution >= 4 is 25.5 Å². The van der Waals surface area contributed by atoms with E-state index in [-0.39, 0.29) is 37.9 Å². The van der Waals surface area contributed by atoms with Gasteiger partial charge in [-0.3, -0.25) is 18.9 Å². The molecule has 13 heteroatoms. The number of rotatable bonds is 32. The van der Waals surface area contributed by atoms with Gasteiger partial charge in [0.15, 0.2) is 6.10 Å². The van der Waals surface area contributed by atoms with Crippen LogP contribution in [0.15, 0.2) is 48.6 Å². The Bertz CT molecular complexity index is 1190. The van der Waals surface area contributed by atoms with E-state index >= 15 is 0 Å². The quantitative estimate of drug-likeness (QED) is 0.0195. The summed E-state index contributed by atoms with van der Waals surface area (Å²) in [6, 6.07) is 0. The summed E-state index contributed by atoms with van der Waals surface area (Å²) < 4.78 is 26.2. The third kappa shape index (κ3) is 26.4. The van der Waals surface area contributed by atoms with Gasteiger partial charge < -0.3 is 34.6 Å². The molecule has 1 aliphatic carbocycles. The normalized spacial score (nSPS) is 20.4. The molecule has 0 aromatic rings. The minimum Gasteiger partial charge on any atom is -0.462 e. The Morgan fingerprint density at radius 2 is 1.39 bits per heavy atom. The van der Waals surface area contributed by atoms with Gasteiger partial charge in [-0.2, -0.15) is 0 Å². The Hall–Kier alpha value is -2.44. The predicted octanol–water partition coefficient (Wildman–Crippen LogP) is 7.52. The molecule has 1 aliphatic rings. The Balaban J connectivity index is 2.36. The number of phosphoric ester groups is 1. The van der Waals surface area contributed by atoms with Crippen LogP contribution in [0.2, 0.25) is 0 Å². The second-order valence-electron chi connectivity index (χ2n) is 14.2. The maximum atomic E-state index is 12.8. The first-order chi connectivity index (χ1) is 25.9. The smallest absolute Gasteiger partial charge is 0.462 e. The summed E-state index contributed by atoms with van der Waals surface area (Å²) >= 11 is 0. The number of carbonyl (C=O) groups is 3. The first-order valence-corrected chi connectivity index (χ1v) is 21.6. The zero-order chi connectivity index (χ0) is 40.0.